The number of aryl methyl sites for hydroxylation is 1. The van der Waals surface area contributed by atoms with Crippen molar-refractivity contribution in [3.63, 3.8) is 0 Å². The normalized spacial score (nSPS) is 17.4. The number of amides is 1. The van der Waals surface area contributed by atoms with E-state index in [-0.39, 0.29) is 5.91 Å². The number of nitrogens with two attached hydrogens (primary N) is 1. The summed E-state index contributed by atoms with van der Waals surface area (Å²) in [6.07, 6.45) is 5.45. The Bertz CT molecular complexity index is 415. The number of hydrogen-bond acceptors (Lipinski definition) is 3. The molecule has 3 N–H and O–H groups in total. The molecule has 1 aliphatic heterocycles. The van der Waals surface area contributed by atoms with Gasteiger partial charge < -0.3 is 16.0 Å². The van der Waals surface area contributed by atoms with Crippen LogP contribution >= 0.6 is 0 Å². The lowest BCUT2D eigenvalue weighted by atomic mass is 10.1. The van der Waals surface area contributed by atoms with Crippen LogP contribution in [0.1, 0.15) is 31.2 Å². The van der Waals surface area contributed by atoms with Crippen LogP contribution in [0, 0.1) is 0 Å². The molecule has 1 atom stereocenters. The van der Waals surface area contributed by atoms with Crippen LogP contribution < -0.4 is 11.1 Å². The maximum atomic E-state index is 12.0. The second-order valence-corrected chi connectivity index (χ2v) is 5.82. The topological polar surface area (TPSA) is 58.4 Å². The largest absolute Gasteiger partial charge is 0.353 e. The minimum absolute atomic E-state index is 0.0251. The Hall–Kier alpha value is -1.39. The monoisotopic (exact) mass is 289 g/mol. The van der Waals surface area contributed by atoms with Gasteiger partial charge in [0.2, 0.25) is 5.91 Å². The van der Waals surface area contributed by atoms with E-state index in [0.717, 1.165) is 26.1 Å². The van der Waals surface area contributed by atoms with E-state index in [1.807, 2.05) is 18.2 Å². The quantitative estimate of drug-likeness (QED) is 0.800. The molecule has 1 saturated heterocycles. The minimum Gasteiger partial charge on any atom is -0.353 e. The molecule has 4 heteroatoms. The summed E-state index contributed by atoms with van der Waals surface area (Å²) < 4.78 is 0. The van der Waals surface area contributed by atoms with E-state index in [9.17, 15) is 4.79 Å². The Balaban J connectivity index is 1.60. The van der Waals surface area contributed by atoms with Gasteiger partial charge in [0.15, 0.2) is 0 Å². The minimum atomic E-state index is -0.411. The number of nitrogens with one attached hydrogen (secondary N) is 1. The summed E-state index contributed by atoms with van der Waals surface area (Å²) in [5.74, 6) is -0.0251. The van der Waals surface area contributed by atoms with Crippen molar-refractivity contribution in [2.24, 2.45) is 5.73 Å². The van der Waals surface area contributed by atoms with Crippen LogP contribution in [0.5, 0.6) is 0 Å². The molecule has 21 heavy (non-hydrogen) atoms. The number of likely N-dealkylation sites (tertiary alicyclic amines) is 1. The highest BCUT2D eigenvalue weighted by Crippen LogP contribution is 2.07. The van der Waals surface area contributed by atoms with Gasteiger partial charge in [0, 0.05) is 13.1 Å². The lowest BCUT2D eigenvalue weighted by Gasteiger charge is -2.26. The SMILES string of the molecule is NC(CCc1ccccc1)C(=O)NCCN1CCCCC1. The van der Waals surface area contributed by atoms with Crippen molar-refractivity contribution in [2.75, 3.05) is 26.2 Å². The number of benzene rings is 1. The second kappa shape index (κ2) is 8.80. The fraction of sp³-hybridized carbons (Fsp3) is 0.588. The fourth-order valence-electron chi connectivity index (χ4n) is 2.75. The van der Waals surface area contributed by atoms with Crippen molar-refractivity contribution in [1.82, 2.24) is 10.2 Å². The van der Waals surface area contributed by atoms with Crippen molar-refractivity contribution in [3.05, 3.63) is 35.9 Å². The predicted molar refractivity (Wildman–Crippen MR) is 86.0 cm³/mol. The zero-order valence-corrected chi connectivity index (χ0v) is 12.8. The molecule has 0 spiro atoms. The average Bonchev–Trinajstić information content (AvgIpc) is 2.54. The van der Waals surface area contributed by atoms with Gasteiger partial charge in [0.05, 0.1) is 6.04 Å². The molecule has 1 aromatic rings. The van der Waals surface area contributed by atoms with Gasteiger partial charge in [0.25, 0.3) is 0 Å². The third-order valence-corrected chi connectivity index (χ3v) is 4.10. The lowest BCUT2D eigenvalue weighted by molar-refractivity contribution is -0.122. The van der Waals surface area contributed by atoms with Gasteiger partial charge in [-0.1, -0.05) is 36.8 Å². The maximum Gasteiger partial charge on any atom is 0.236 e. The van der Waals surface area contributed by atoms with Gasteiger partial charge in [0.1, 0.15) is 0 Å². The second-order valence-electron chi connectivity index (χ2n) is 5.82. The average molecular weight is 289 g/mol. The molecule has 0 radical (unpaired) electrons. The number of carbonyl (C=O) groups is 1. The molecule has 2 rings (SSSR count). The van der Waals surface area contributed by atoms with Crippen LogP contribution in [0.15, 0.2) is 30.3 Å². The first-order valence-corrected chi connectivity index (χ1v) is 8.05. The first-order valence-electron chi connectivity index (χ1n) is 8.05. The van der Waals surface area contributed by atoms with Crippen molar-refractivity contribution in [3.8, 4) is 0 Å². The fourth-order valence-corrected chi connectivity index (χ4v) is 2.75. The third kappa shape index (κ3) is 5.86. The Morgan fingerprint density at radius 3 is 2.62 bits per heavy atom. The smallest absolute Gasteiger partial charge is 0.236 e. The van der Waals surface area contributed by atoms with Crippen LogP contribution in [-0.4, -0.2) is 43.0 Å². The van der Waals surface area contributed by atoms with Crippen molar-refractivity contribution in [1.29, 1.82) is 0 Å². The van der Waals surface area contributed by atoms with Gasteiger partial charge in [-0.05, 0) is 44.3 Å². The zero-order valence-electron chi connectivity index (χ0n) is 12.8. The number of nitrogens with zero attached hydrogens (tertiary/aromatic N) is 1. The zero-order chi connectivity index (χ0) is 14.9. The van der Waals surface area contributed by atoms with E-state index in [1.54, 1.807) is 0 Å². The molecule has 1 unspecified atom stereocenters. The summed E-state index contributed by atoms with van der Waals surface area (Å²) >= 11 is 0. The Kier molecular flexibility index (Phi) is 6.70. The van der Waals surface area contributed by atoms with Gasteiger partial charge in [-0.3, -0.25) is 4.79 Å². The molecule has 1 amide bonds. The summed E-state index contributed by atoms with van der Waals surface area (Å²) in [6.45, 7) is 3.97. The van der Waals surface area contributed by atoms with E-state index in [2.05, 4.69) is 22.3 Å². The summed E-state index contributed by atoms with van der Waals surface area (Å²) in [5, 5.41) is 2.96. The van der Waals surface area contributed by atoms with Gasteiger partial charge in [-0.15, -0.1) is 0 Å². The first-order chi connectivity index (χ1) is 10.3. The predicted octanol–water partition coefficient (Wildman–Crippen LogP) is 1.55. The molecule has 1 aromatic carbocycles. The molecule has 1 aliphatic rings. The Morgan fingerprint density at radius 1 is 1.19 bits per heavy atom. The highest BCUT2D eigenvalue weighted by molar-refractivity contribution is 5.81. The molecule has 0 aromatic heterocycles. The molecule has 1 heterocycles. The summed E-state index contributed by atoms with van der Waals surface area (Å²) in [7, 11) is 0. The Labute approximate surface area is 127 Å². The number of piperidine rings is 1. The van der Waals surface area contributed by atoms with Crippen LogP contribution in [0.4, 0.5) is 0 Å². The van der Waals surface area contributed by atoms with E-state index < -0.39 is 6.04 Å². The molecule has 0 aliphatic carbocycles. The van der Waals surface area contributed by atoms with Crippen molar-refractivity contribution in [2.45, 2.75) is 38.1 Å². The lowest BCUT2D eigenvalue weighted by Crippen LogP contribution is -2.44. The molecular weight excluding hydrogens is 262 g/mol. The maximum absolute atomic E-state index is 12.0. The van der Waals surface area contributed by atoms with Crippen LogP contribution in [0.25, 0.3) is 0 Å². The third-order valence-electron chi connectivity index (χ3n) is 4.10. The van der Waals surface area contributed by atoms with Crippen molar-refractivity contribution >= 4 is 5.91 Å². The van der Waals surface area contributed by atoms with E-state index in [4.69, 9.17) is 5.73 Å². The standard InChI is InChI=1S/C17H27N3O/c18-16(10-9-15-7-3-1-4-8-15)17(21)19-11-14-20-12-5-2-6-13-20/h1,3-4,7-8,16H,2,5-6,9-14,18H2,(H,19,21). The van der Waals surface area contributed by atoms with E-state index in [0.29, 0.717) is 13.0 Å². The molecule has 0 bridgehead atoms. The number of rotatable bonds is 7. The van der Waals surface area contributed by atoms with Crippen LogP contribution in [0.3, 0.4) is 0 Å². The van der Waals surface area contributed by atoms with Gasteiger partial charge in [-0.2, -0.15) is 0 Å². The number of carbonyl (C=O) groups excluding carboxylic acids is 1. The molecule has 1 fully saturated rings. The van der Waals surface area contributed by atoms with Crippen molar-refractivity contribution < 1.29 is 4.79 Å². The summed E-state index contributed by atoms with van der Waals surface area (Å²) in [4.78, 5) is 14.4. The van der Waals surface area contributed by atoms with Gasteiger partial charge >= 0.3 is 0 Å². The number of hydrogen-bond donors (Lipinski definition) is 2. The summed E-state index contributed by atoms with van der Waals surface area (Å²) in [6, 6.07) is 9.75. The molecule has 4 nitrogen and oxygen atoms in total. The summed E-state index contributed by atoms with van der Waals surface area (Å²) in [5.41, 5.74) is 7.19. The van der Waals surface area contributed by atoms with Gasteiger partial charge in [-0.25, -0.2) is 0 Å². The highest BCUT2D eigenvalue weighted by atomic mass is 16.2. The highest BCUT2D eigenvalue weighted by Gasteiger charge is 2.14. The van der Waals surface area contributed by atoms with E-state index in [1.165, 1.54) is 24.8 Å². The molecule has 0 saturated carbocycles. The van der Waals surface area contributed by atoms with Crippen LogP contribution in [-0.2, 0) is 11.2 Å². The van der Waals surface area contributed by atoms with Crippen LogP contribution in [0.2, 0.25) is 0 Å². The van der Waals surface area contributed by atoms with E-state index >= 15 is 0 Å². The molecule has 116 valence electrons. The Morgan fingerprint density at radius 2 is 1.90 bits per heavy atom. The first kappa shape index (κ1) is 16.0. The molecular formula is C17H27N3O.